The molecule has 3 aliphatic heterocycles. The molecule has 2 N–H and O–H groups in total. The zero-order valence-electron chi connectivity index (χ0n) is 16.7. The van der Waals surface area contributed by atoms with Crippen molar-refractivity contribution in [3.63, 3.8) is 0 Å². The maximum Gasteiger partial charge on any atom is 0.255 e. The van der Waals surface area contributed by atoms with E-state index in [4.69, 9.17) is 0 Å². The predicted molar refractivity (Wildman–Crippen MR) is 107 cm³/mol. The summed E-state index contributed by atoms with van der Waals surface area (Å²) in [6, 6.07) is 6.87. The lowest BCUT2D eigenvalue weighted by molar-refractivity contribution is -0.136. The van der Waals surface area contributed by atoms with Gasteiger partial charge >= 0.3 is 0 Å². The molecular formula is C22H28N4O3. The molecule has 1 aliphatic carbocycles. The van der Waals surface area contributed by atoms with Crippen molar-refractivity contribution in [2.24, 2.45) is 0 Å². The first-order valence-electron chi connectivity index (χ1n) is 10.8. The van der Waals surface area contributed by atoms with Crippen molar-refractivity contribution < 1.29 is 14.4 Å². The minimum absolute atomic E-state index is 0.0909. The Bertz CT molecular complexity index is 844. The minimum Gasteiger partial charge on any atom is -0.322 e. The molecule has 2 atom stereocenters. The monoisotopic (exact) mass is 396 g/mol. The van der Waals surface area contributed by atoms with Crippen LogP contribution in [-0.4, -0.2) is 58.7 Å². The highest BCUT2D eigenvalue weighted by atomic mass is 16.2. The Labute approximate surface area is 170 Å². The van der Waals surface area contributed by atoms with E-state index in [1.54, 1.807) is 4.90 Å². The third-order valence-corrected chi connectivity index (χ3v) is 6.66. The number of nitrogens with zero attached hydrogens (tertiary/aromatic N) is 2. The van der Waals surface area contributed by atoms with Gasteiger partial charge in [0, 0.05) is 43.7 Å². The van der Waals surface area contributed by atoms with Crippen molar-refractivity contribution >= 4 is 17.7 Å². The zero-order chi connectivity index (χ0) is 20.0. The van der Waals surface area contributed by atoms with Crippen LogP contribution in [-0.2, 0) is 22.7 Å². The van der Waals surface area contributed by atoms with Crippen molar-refractivity contribution in [3.05, 3.63) is 34.9 Å². The van der Waals surface area contributed by atoms with E-state index in [9.17, 15) is 14.4 Å². The van der Waals surface area contributed by atoms with E-state index in [1.165, 1.54) is 25.7 Å². The maximum absolute atomic E-state index is 13.0. The molecule has 29 heavy (non-hydrogen) atoms. The molecule has 2 unspecified atom stereocenters. The second-order valence-electron chi connectivity index (χ2n) is 8.85. The number of benzene rings is 1. The molecule has 0 aromatic heterocycles. The molecule has 4 aliphatic rings. The Morgan fingerprint density at radius 3 is 2.69 bits per heavy atom. The lowest BCUT2D eigenvalue weighted by Gasteiger charge is -2.29. The Balaban J connectivity index is 1.29. The number of hydrogen-bond donors (Lipinski definition) is 2. The summed E-state index contributed by atoms with van der Waals surface area (Å²) in [7, 11) is 0. The van der Waals surface area contributed by atoms with Crippen molar-refractivity contribution in [1.29, 1.82) is 0 Å². The van der Waals surface area contributed by atoms with Crippen LogP contribution in [0.5, 0.6) is 0 Å². The molecular weight excluding hydrogens is 368 g/mol. The van der Waals surface area contributed by atoms with Gasteiger partial charge in [-0.3, -0.25) is 24.6 Å². The topological polar surface area (TPSA) is 81.8 Å². The molecule has 7 nitrogen and oxygen atoms in total. The average molecular weight is 396 g/mol. The smallest absolute Gasteiger partial charge is 0.255 e. The highest BCUT2D eigenvalue weighted by Gasteiger charge is 2.39. The van der Waals surface area contributed by atoms with Crippen molar-refractivity contribution in [2.45, 2.75) is 69.7 Å². The molecule has 0 spiro atoms. The minimum atomic E-state index is -0.549. The predicted octanol–water partition coefficient (Wildman–Crippen LogP) is 1.16. The second-order valence-corrected chi connectivity index (χ2v) is 8.85. The van der Waals surface area contributed by atoms with Crippen LogP contribution in [0.25, 0.3) is 0 Å². The molecule has 3 heterocycles. The van der Waals surface area contributed by atoms with Gasteiger partial charge < -0.3 is 10.2 Å². The largest absolute Gasteiger partial charge is 0.322 e. The van der Waals surface area contributed by atoms with E-state index in [1.807, 2.05) is 12.1 Å². The van der Waals surface area contributed by atoms with Crippen molar-refractivity contribution in [2.75, 3.05) is 13.1 Å². The zero-order valence-corrected chi connectivity index (χ0v) is 16.7. The van der Waals surface area contributed by atoms with Gasteiger partial charge in [-0.1, -0.05) is 12.1 Å². The summed E-state index contributed by atoms with van der Waals surface area (Å²) < 4.78 is 0. The highest BCUT2D eigenvalue weighted by molar-refractivity contribution is 6.05. The number of imide groups is 1. The molecule has 3 fully saturated rings. The summed E-state index contributed by atoms with van der Waals surface area (Å²) in [5.74, 6) is -0.701. The molecule has 1 aromatic rings. The van der Waals surface area contributed by atoms with E-state index < -0.39 is 6.04 Å². The lowest BCUT2D eigenvalue weighted by atomic mass is 10.0. The Morgan fingerprint density at radius 1 is 1.10 bits per heavy atom. The Hall–Kier alpha value is -2.25. The van der Waals surface area contributed by atoms with Gasteiger partial charge in [0.15, 0.2) is 0 Å². The van der Waals surface area contributed by atoms with Gasteiger partial charge in [-0.25, -0.2) is 0 Å². The van der Waals surface area contributed by atoms with Crippen LogP contribution in [0.2, 0.25) is 0 Å². The SMILES string of the molecule is O=C1CCC(N2Cc3ccc(CN(CC4CCCN4)C4CC4)cc3C2=O)C(=O)N1. The molecule has 5 rings (SSSR count). The summed E-state index contributed by atoms with van der Waals surface area (Å²) in [5, 5.41) is 5.95. The van der Waals surface area contributed by atoms with Crippen LogP contribution < -0.4 is 10.6 Å². The van der Waals surface area contributed by atoms with Crippen LogP contribution in [0, 0.1) is 0 Å². The van der Waals surface area contributed by atoms with Crippen LogP contribution in [0.3, 0.4) is 0 Å². The summed E-state index contributed by atoms with van der Waals surface area (Å²) >= 11 is 0. The Kier molecular flexibility index (Phi) is 4.87. The van der Waals surface area contributed by atoms with Crippen LogP contribution in [0.1, 0.15) is 60.0 Å². The first-order chi connectivity index (χ1) is 14.1. The van der Waals surface area contributed by atoms with Crippen LogP contribution in [0.15, 0.2) is 18.2 Å². The van der Waals surface area contributed by atoms with Crippen molar-refractivity contribution in [3.8, 4) is 0 Å². The van der Waals surface area contributed by atoms with Gasteiger partial charge in [-0.2, -0.15) is 0 Å². The van der Waals surface area contributed by atoms with Crippen LogP contribution in [0.4, 0.5) is 0 Å². The van der Waals surface area contributed by atoms with Gasteiger partial charge in [0.25, 0.3) is 5.91 Å². The van der Waals surface area contributed by atoms with E-state index >= 15 is 0 Å². The standard InChI is InChI=1S/C22H28N4O3/c27-20-8-7-19(21(28)24-20)26-12-15-4-3-14(10-18(15)22(26)29)11-25(17-5-6-17)13-16-2-1-9-23-16/h3-4,10,16-17,19,23H,1-2,5-9,11-13H2,(H,24,27,28). The van der Waals surface area contributed by atoms with Gasteiger partial charge in [0.1, 0.15) is 6.04 Å². The summed E-state index contributed by atoms with van der Waals surface area (Å²) in [4.78, 5) is 40.8. The van der Waals surface area contributed by atoms with Crippen molar-refractivity contribution in [1.82, 2.24) is 20.4 Å². The first-order valence-corrected chi connectivity index (χ1v) is 10.8. The molecule has 0 radical (unpaired) electrons. The van der Waals surface area contributed by atoms with Crippen LogP contribution >= 0.6 is 0 Å². The summed E-state index contributed by atoms with van der Waals surface area (Å²) in [6.45, 7) is 3.49. The van der Waals surface area contributed by atoms with E-state index in [2.05, 4.69) is 21.6 Å². The number of carbonyl (C=O) groups excluding carboxylic acids is 3. The normalized spacial score (nSPS) is 26.9. The number of fused-ring (bicyclic) bond motifs is 1. The fourth-order valence-electron chi connectivity index (χ4n) is 4.91. The number of hydrogen-bond acceptors (Lipinski definition) is 5. The fourth-order valence-corrected chi connectivity index (χ4v) is 4.91. The number of carbonyl (C=O) groups is 3. The molecule has 154 valence electrons. The number of amides is 3. The van der Waals surface area contributed by atoms with E-state index in [0.717, 1.165) is 30.8 Å². The third kappa shape index (κ3) is 3.81. The Morgan fingerprint density at radius 2 is 1.97 bits per heavy atom. The number of piperidine rings is 1. The fraction of sp³-hybridized carbons (Fsp3) is 0.591. The first kappa shape index (κ1) is 18.8. The maximum atomic E-state index is 13.0. The molecule has 7 heteroatoms. The second kappa shape index (κ2) is 7.54. The van der Waals surface area contributed by atoms with Gasteiger partial charge in [-0.15, -0.1) is 0 Å². The average Bonchev–Trinajstić information content (AvgIpc) is 3.34. The molecule has 1 aromatic carbocycles. The number of rotatable bonds is 6. The number of nitrogens with one attached hydrogen (secondary N) is 2. The quantitative estimate of drug-likeness (QED) is 0.706. The molecule has 2 saturated heterocycles. The summed E-state index contributed by atoms with van der Waals surface area (Å²) in [6.07, 6.45) is 5.72. The highest BCUT2D eigenvalue weighted by Crippen LogP contribution is 2.31. The molecule has 0 bridgehead atoms. The molecule has 3 amide bonds. The van der Waals surface area contributed by atoms with Gasteiger partial charge in [0.05, 0.1) is 0 Å². The third-order valence-electron chi connectivity index (χ3n) is 6.66. The van der Waals surface area contributed by atoms with E-state index in [0.29, 0.717) is 30.6 Å². The molecule has 1 saturated carbocycles. The summed E-state index contributed by atoms with van der Waals surface area (Å²) in [5.41, 5.74) is 2.84. The van der Waals surface area contributed by atoms with E-state index in [-0.39, 0.29) is 24.1 Å². The lowest BCUT2D eigenvalue weighted by Crippen LogP contribution is -2.52. The van der Waals surface area contributed by atoms with Gasteiger partial charge in [0.2, 0.25) is 11.8 Å². The van der Waals surface area contributed by atoms with Gasteiger partial charge in [-0.05, 0) is 55.8 Å².